The molecule has 4 nitrogen and oxygen atoms in total. The number of rotatable bonds is 6. The third-order valence-electron chi connectivity index (χ3n) is 9.55. The van der Waals surface area contributed by atoms with Crippen LogP contribution in [0.2, 0.25) is 0 Å². The van der Waals surface area contributed by atoms with Crippen molar-refractivity contribution >= 4 is 60.3 Å². The van der Waals surface area contributed by atoms with Gasteiger partial charge in [0.25, 0.3) is 0 Å². The minimum absolute atomic E-state index is 0.553. The lowest BCUT2D eigenvalue weighted by Crippen LogP contribution is -2.13. The Balaban J connectivity index is 1.34. The maximum absolute atomic E-state index is 9.62. The van der Waals surface area contributed by atoms with Gasteiger partial charge in [-0.2, -0.15) is 5.26 Å². The first-order valence-electron chi connectivity index (χ1n) is 16.3. The molecule has 0 amide bonds. The molecule has 0 aliphatic rings. The van der Waals surface area contributed by atoms with E-state index in [0.29, 0.717) is 0 Å². The smallest absolute Gasteiger partial charge is 0.0770 e. The van der Waals surface area contributed by atoms with Crippen molar-refractivity contribution in [1.29, 1.82) is 5.26 Å². The van der Waals surface area contributed by atoms with E-state index in [2.05, 4.69) is 126 Å². The van der Waals surface area contributed by atoms with Crippen molar-refractivity contribution in [3.8, 4) is 28.3 Å². The molecular weight excluding hydrogens is 585 g/mol. The van der Waals surface area contributed by atoms with Gasteiger partial charge in [-0.1, -0.05) is 103 Å². The SMILES string of the molecule is CNc1cnc2ccc(-c3c4ccccc4c(-c4ccc5ccccc5c4)c4ccccc34)cc2c1Nc1ccc(C(C)(C)C#N)cc1. The van der Waals surface area contributed by atoms with Gasteiger partial charge in [-0.25, -0.2) is 0 Å². The van der Waals surface area contributed by atoms with Gasteiger partial charge in [-0.15, -0.1) is 0 Å². The highest BCUT2D eigenvalue weighted by molar-refractivity contribution is 6.22. The van der Waals surface area contributed by atoms with E-state index in [1.54, 1.807) is 0 Å². The number of benzene rings is 7. The fourth-order valence-corrected chi connectivity index (χ4v) is 6.95. The zero-order chi connectivity index (χ0) is 32.8. The summed E-state index contributed by atoms with van der Waals surface area (Å²) in [4.78, 5) is 4.81. The van der Waals surface area contributed by atoms with Gasteiger partial charge < -0.3 is 10.6 Å². The third kappa shape index (κ3) is 4.89. The van der Waals surface area contributed by atoms with Crippen LogP contribution >= 0.6 is 0 Å². The van der Waals surface area contributed by atoms with Crippen molar-refractivity contribution in [1.82, 2.24) is 4.98 Å². The van der Waals surface area contributed by atoms with Crippen molar-refractivity contribution in [2.75, 3.05) is 17.7 Å². The van der Waals surface area contributed by atoms with E-state index in [4.69, 9.17) is 4.98 Å². The zero-order valence-corrected chi connectivity index (χ0v) is 27.2. The molecule has 0 radical (unpaired) electrons. The molecular formula is C44H34N4. The summed E-state index contributed by atoms with van der Waals surface area (Å²) in [6, 6.07) is 50.0. The highest BCUT2D eigenvalue weighted by Crippen LogP contribution is 2.45. The van der Waals surface area contributed by atoms with Crippen molar-refractivity contribution in [3.63, 3.8) is 0 Å². The second-order valence-corrected chi connectivity index (χ2v) is 12.9. The van der Waals surface area contributed by atoms with E-state index in [9.17, 15) is 5.26 Å². The number of fused-ring (bicyclic) bond motifs is 4. The second kappa shape index (κ2) is 11.6. The van der Waals surface area contributed by atoms with Gasteiger partial charge in [0.05, 0.1) is 34.6 Å². The van der Waals surface area contributed by atoms with Crippen molar-refractivity contribution in [3.05, 3.63) is 145 Å². The van der Waals surface area contributed by atoms with E-state index in [0.717, 1.165) is 39.1 Å². The maximum Gasteiger partial charge on any atom is 0.0770 e. The first kappa shape index (κ1) is 29.2. The normalized spacial score (nSPS) is 11.6. The van der Waals surface area contributed by atoms with Crippen LogP contribution in [-0.4, -0.2) is 12.0 Å². The van der Waals surface area contributed by atoms with Gasteiger partial charge in [0, 0.05) is 18.1 Å². The summed E-state index contributed by atoms with van der Waals surface area (Å²) in [5.74, 6) is 0. The molecule has 230 valence electrons. The minimum atomic E-state index is -0.553. The van der Waals surface area contributed by atoms with Crippen LogP contribution in [0.3, 0.4) is 0 Å². The van der Waals surface area contributed by atoms with Crippen LogP contribution in [0.25, 0.3) is 65.5 Å². The molecule has 1 aromatic heterocycles. The van der Waals surface area contributed by atoms with Crippen molar-refractivity contribution in [2.24, 2.45) is 0 Å². The maximum atomic E-state index is 9.62. The predicted octanol–water partition coefficient (Wildman–Crippen LogP) is 11.6. The van der Waals surface area contributed by atoms with Crippen molar-refractivity contribution < 1.29 is 0 Å². The van der Waals surface area contributed by atoms with Gasteiger partial charge in [-0.05, 0) is 104 Å². The van der Waals surface area contributed by atoms with Crippen LogP contribution in [0, 0.1) is 11.3 Å². The molecule has 48 heavy (non-hydrogen) atoms. The van der Waals surface area contributed by atoms with Crippen LogP contribution < -0.4 is 10.6 Å². The molecule has 0 saturated heterocycles. The highest BCUT2D eigenvalue weighted by atomic mass is 15.0. The Morgan fingerprint density at radius 3 is 1.77 bits per heavy atom. The molecule has 8 aromatic rings. The van der Waals surface area contributed by atoms with Gasteiger partial charge in [0.1, 0.15) is 0 Å². The Morgan fingerprint density at radius 2 is 1.17 bits per heavy atom. The Hall–Kier alpha value is -6.18. The summed E-state index contributed by atoms with van der Waals surface area (Å²) in [6.45, 7) is 3.88. The molecule has 0 spiro atoms. The van der Waals surface area contributed by atoms with Crippen LogP contribution in [0.1, 0.15) is 19.4 Å². The largest absolute Gasteiger partial charge is 0.385 e. The van der Waals surface area contributed by atoms with E-state index < -0.39 is 5.41 Å². The Labute approximate surface area is 280 Å². The molecule has 4 heteroatoms. The van der Waals surface area contributed by atoms with E-state index in [1.807, 2.05) is 51.4 Å². The number of aromatic nitrogens is 1. The van der Waals surface area contributed by atoms with Gasteiger partial charge in [-0.3, -0.25) is 4.98 Å². The fraction of sp³-hybridized carbons (Fsp3) is 0.0909. The number of nitriles is 1. The quantitative estimate of drug-likeness (QED) is 0.182. The molecule has 7 aromatic carbocycles. The first-order valence-corrected chi connectivity index (χ1v) is 16.3. The molecule has 1 heterocycles. The molecule has 8 rings (SSSR count). The Morgan fingerprint density at radius 1 is 0.604 bits per heavy atom. The van der Waals surface area contributed by atoms with Crippen LogP contribution in [-0.2, 0) is 5.41 Å². The fourth-order valence-electron chi connectivity index (χ4n) is 6.95. The molecule has 0 aliphatic carbocycles. The standard InChI is InChI=1S/C44H34N4/c1-44(2,27-45)32-19-21-33(22-20-32)48-43-38-25-31(18-23-39(38)47-26-40(43)46-3)42-36-14-8-6-12-34(36)41(35-13-7-9-15-37(35)42)30-17-16-28-10-4-5-11-29(28)24-30/h4-26,46H,1-3H3,(H,47,48). The minimum Gasteiger partial charge on any atom is -0.385 e. The number of hydrogen-bond acceptors (Lipinski definition) is 4. The summed E-state index contributed by atoms with van der Waals surface area (Å²) >= 11 is 0. The average Bonchev–Trinajstić information content (AvgIpc) is 3.13. The van der Waals surface area contributed by atoms with Gasteiger partial charge in [0.15, 0.2) is 0 Å². The number of nitrogens with one attached hydrogen (secondary N) is 2. The molecule has 0 unspecified atom stereocenters. The average molecular weight is 619 g/mol. The van der Waals surface area contributed by atoms with E-state index >= 15 is 0 Å². The summed E-state index contributed by atoms with van der Waals surface area (Å²) in [6.07, 6.45) is 1.88. The monoisotopic (exact) mass is 618 g/mol. The summed E-state index contributed by atoms with van der Waals surface area (Å²) < 4.78 is 0. The van der Waals surface area contributed by atoms with Crippen LogP contribution in [0.4, 0.5) is 17.1 Å². The number of hydrogen-bond donors (Lipinski definition) is 2. The van der Waals surface area contributed by atoms with Gasteiger partial charge >= 0.3 is 0 Å². The Kier molecular flexibility index (Phi) is 7.04. The Bertz CT molecular complexity index is 2500. The van der Waals surface area contributed by atoms with Crippen LogP contribution in [0.15, 0.2) is 140 Å². The number of anilines is 3. The van der Waals surface area contributed by atoms with E-state index in [-0.39, 0.29) is 0 Å². The molecule has 0 fully saturated rings. The lowest BCUT2D eigenvalue weighted by Gasteiger charge is -2.20. The lowest BCUT2D eigenvalue weighted by molar-refractivity contribution is 0.687. The topological polar surface area (TPSA) is 60.7 Å². The number of nitrogens with zero attached hydrogens (tertiary/aromatic N) is 2. The second-order valence-electron chi connectivity index (χ2n) is 12.9. The van der Waals surface area contributed by atoms with E-state index in [1.165, 1.54) is 49.0 Å². The van der Waals surface area contributed by atoms with Gasteiger partial charge in [0.2, 0.25) is 0 Å². The third-order valence-corrected chi connectivity index (χ3v) is 9.55. The van der Waals surface area contributed by atoms with Crippen molar-refractivity contribution in [2.45, 2.75) is 19.3 Å². The predicted molar refractivity (Wildman–Crippen MR) is 203 cm³/mol. The lowest BCUT2D eigenvalue weighted by atomic mass is 9.85. The molecule has 0 saturated carbocycles. The van der Waals surface area contributed by atoms with Crippen LogP contribution in [0.5, 0.6) is 0 Å². The summed E-state index contributed by atoms with van der Waals surface area (Å²) in [7, 11) is 1.92. The summed E-state index contributed by atoms with van der Waals surface area (Å²) in [5, 5.41) is 25.0. The molecule has 2 N–H and O–H groups in total. The molecule has 0 bridgehead atoms. The number of pyridine rings is 1. The first-order chi connectivity index (χ1) is 23.4. The summed E-state index contributed by atoms with van der Waals surface area (Å²) in [5.41, 5.74) is 8.94. The highest BCUT2D eigenvalue weighted by Gasteiger charge is 2.20. The zero-order valence-electron chi connectivity index (χ0n) is 27.2. The molecule has 0 aliphatic heterocycles. The molecule has 0 atom stereocenters.